The first-order valence-electron chi connectivity index (χ1n) is 9.54. The van der Waals surface area contributed by atoms with Gasteiger partial charge in [0.2, 0.25) is 0 Å². The van der Waals surface area contributed by atoms with Gasteiger partial charge in [0.05, 0.1) is 13.3 Å². The highest BCUT2D eigenvalue weighted by Gasteiger charge is 2.27. The first kappa shape index (κ1) is 19.8. The molecule has 1 fully saturated rings. The molecule has 0 unspecified atom stereocenters. The molecule has 0 radical (unpaired) electrons. The van der Waals surface area contributed by atoms with Crippen LogP contribution >= 0.6 is 0 Å². The Hall–Kier alpha value is -1.96. The fourth-order valence-electron chi connectivity index (χ4n) is 3.65. The van der Waals surface area contributed by atoms with Crippen molar-refractivity contribution in [3.05, 3.63) is 47.5 Å². The number of aliphatic hydroxyl groups is 1. The van der Waals surface area contributed by atoms with E-state index in [1.54, 1.807) is 12.1 Å². The molecule has 0 spiro atoms. The average molecular weight is 376 g/mol. The molecular weight excluding hydrogens is 347 g/mol. The molecule has 0 bridgehead atoms. The first-order valence-corrected chi connectivity index (χ1v) is 9.54. The third-order valence-electron chi connectivity index (χ3n) is 5.20. The van der Waals surface area contributed by atoms with E-state index in [1.807, 2.05) is 10.9 Å². The van der Waals surface area contributed by atoms with Gasteiger partial charge in [-0.25, -0.2) is 4.39 Å². The van der Waals surface area contributed by atoms with Gasteiger partial charge < -0.3 is 9.84 Å². The molecular formula is C20H29FN4O2. The van der Waals surface area contributed by atoms with E-state index in [1.165, 1.54) is 18.7 Å². The summed E-state index contributed by atoms with van der Waals surface area (Å²) in [5.41, 5.74) is 1.87. The maximum atomic E-state index is 14.3. The third kappa shape index (κ3) is 5.06. The van der Waals surface area contributed by atoms with Crippen molar-refractivity contribution in [1.29, 1.82) is 0 Å². The molecule has 1 aliphatic heterocycles. The Balaban J connectivity index is 1.63. The summed E-state index contributed by atoms with van der Waals surface area (Å²) in [4.78, 5) is 4.66. The fourth-order valence-corrected chi connectivity index (χ4v) is 3.65. The van der Waals surface area contributed by atoms with Crippen molar-refractivity contribution in [3.8, 4) is 5.75 Å². The van der Waals surface area contributed by atoms with Crippen LogP contribution in [0.4, 0.5) is 4.39 Å². The molecule has 148 valence electrons. The van der Waals surface area contributed by atoms with Crippen LogP contribution < -0.4 is 4.74 Å². The van der Waals surface area contributed by atoms with E-state index in [4.69, 9.17) is 4.74 Å². The number of rotatable bonds is 8. The van der Waals surface area contributed by atoms with Gasteiger partial charge in [-0.05, 0) is 19.4 Å². The van der Waals surface area contributed by atoms with Gasteiger partial charge in [0.1, 0.15) is 11.6 Å². The smallest absolute Gasteiger partial charge is 0.131 e. The number of piperazine rings is 1. The number of benzene rings is 1. The van der Waals surface area contributed by atoms with Crippen LogP contribution in [0.1, 0.15) is 24.5 Å². The molecule has 1 aromatic carbocycles. The lowest BCUT2D eigenvalue weighted by molar-refractivity contribution is 0.0493. The van der Waals surface area contributed by atoms with Crippen molar-refractivity contribution < 1.29 is 14.2 Å². The number of methoxy groups -OCH3 is 1. The van der Waals surface area contributed by atoms with Crippen LogP contribution in [-0.4, -0.2) is 64.1 Å². The molecule has 27 heavy (non-hydrogen) atoms. The molecule has 6 nitrogen and oxygen atoms in total. The minimum Gasteiger partial charge on any atom is -0.497 e. The Morgan fingerprint density at radius 1 is 1.30 bits per heavy atom. The molecule has 0 saturated carbocycles. The molecule has 0 amide bonds. The lowest BCUT2D eigenvalue weighted by Gasteiger charge is -2.41. The van der Waals surface area contributed by atoms with E-state index in [-0.39, 0.29) is 18.5 Å². The second kappa shape index (κ2) is 9.30. The van der Waals surface area contributed by atoms with Crippen molar-refractivity contribution in [2.24, 2.45) is 0 Å². The van der Waals surface area contributed by atoms with E-state index >= 15 is 0 Å². The molecule has 2 heterocycles. The summed E-state index contributed by atoms with van der Waals surface area (Å²) in [7, 11) is 1.54. The largest absolute Gasteiger partial charge is 0.497 e. The van der Waals surface area contributed by atoms with Crippen LogP contribution in [0.2, 0.25) is 0 Å². The molecule has 1 saturated heterocycles. The van der Waals surface area contributed by atoms with Crippen LogP contribution in [0, 0.1) is 5.82 Å². The highest BCUT2D eigenvalue weighted by molar-refractivity contribution is 5.29. The molecule has 1 aromatic heterocycles. The van der Waals surface area contributed by atoms with Crippen LogP contribution in [0.25, 0.3) is 0 Å². The summed E-state index contributed by atoms with van der Waals surface area (Å²) in [5.74, 6) is 0.284. The van der Waals surface area contributed by atoms with Gasteiger partial charge in [0.15, 0.2) is 0 Å². The fraction of sp³-hybridized carbons (Fsp3) is 0.550. The quantitative estimate of drug-likeness (QED) is 0.765. The second-order valence-corrected chi connectivity index (χ2v) is 7.03. The minimum absolute atomic E-state index is 0.133. The Labute approximate surface area is 160 Å². The molecule has 3 rings (SSSR count). The predicted molar refractivity (Wildman–Crippen MR) is 102 cm³/mol. The monoisotopic (exact) mass is 376 g/mol. The molecule has 2 aromatic rings. The van der Waals surface area contributed by atoms with Gasteiger partial charge in [-0.3, -0.25) is 14.5 Å². The van der Waals surface area contributed by atoms with Crippen LogP contribution in [0.3, 0.4) is 0 Å². The molecule has 7 heteroatoms. The van der Waals surface area contributed by atoms with Crippen LogP contribution in [0.15, 0.2) is 30.6 Å². The Morgan fingerprint density at radius 2 is 2.15 bits per heavy atom. The maximum Gasteiger partial charge on any atom is 0.131 e. The Morgan fingerprint density at radius 3 is 2.81 bits per heavy atom. The molecule has 0 aliphatic carbocycles. The predicted octanol–water partition coefficient (Wildman–Crippen LogP) is 2.12. The molecule has 1 aliphatic rings. The number of aliphatic hydroxyl groups excluding tert-OH is 1. The van der Waals surface area contributed by atoms with Gasteiger partial charge in [-0.15, -0.1) is 0 Å². The zero-order valence-corrected chi connectivity index (χ0v) is 16.1. The normalized spacial score (nSPS) is 18.7. The van der Waals surface area contributed by atoms with Gasteiger partial charge in [-0.2, -0.15) is 5.10 Å². The number of halogens is 1. The number of hydrogen-bond donors (Lipinski definition) is 1. The minimum atomic E-state index is -0.244. The van der Waals surface area contributed by atoms with Crippen molar-refractivity contribution >= 4 is 0 Å². The average Bonchev–Trinajstić information content (AvgIpc) is 3.13. The third-order valence-corrected chi connectivity index (χ3v) is 5.20. The SMILES string of the molecule is CCn1cc(CN2CCN(Cc3ccc(OC)cc3F)[C@H](CCO)C2)cn1. The number of ether oxygens (including phenoxy) is 1. The number of aromatic nitrogens is 2. The van der Waals surface area contributed by atoms with E-state index in [0.717, 1.165) is 32.7 Å². The zero-order chi connectivity index (χ0) is 19.2. The standard InChI is InChI=1S/C20H29FN4O2/c1-3-25-13-16(11-22-25)12-23-7-8-24(18(15-23)6-9-26)14-17-4-5-19(27-2)10-20(17)21/h4-5,10-11,13,18,26H,3,6-9,12,14-15H2,1-2H3/t18-/m1/s1. The second-order valence-electron chi connectivity index (χ2n) is 7.03. The first-order chi connectivity index (χ1) is 13.1. The topological polar surface area (TPSA) is 53.8 Å². The lowest BCUT2D eigenvalue weighted by atomic mass is 10.1. The van der Waals surface area contributed by atoms with Gasteiger partial charge in [0, 0.05) is 75.3 Å². The van der Waals surface area contributed by atoms with Crippen molar-refractivity contribution in [2.45, 2.75) is 39.0 Å². The summed E-state index contributed by atoms with van der Waals surface area (Å²) < 4.78 is 21.3. The molecule has 1 atom stereocenters. The van der Waals surface area contributed by atoms with Gasteiger partial charge in [0.25, 0.3) is 0 Å². The summed E-state index contributed by atoms with van der Waals surface area (Å²) in [6.45, 7) is 7.09. The summed E-state index contributed by atoms with van der Waals surface area (Å²) >= 11 is 0. The highest BCUT2D eigenvalue weighted by atomic mass is 19.1. The van der Waals surface area contributed by atoms with Crippen molar-refractivity contribution in [3.63, 3.8) is 0 Å². The molecule has 1 N–H and O–H groups in total. The van der Waals surface area contributed by atoms with E-state index in [9.17, 15) is 9.50 Å². The van der Waals surface area contributed by atoms with Crippen LogP contribution in [-0.2, 0) is 19.6 Å². The van der Waals surface area contributed by atoms with Crippen LogP contribution in [0.5, 0.6) is 5.75 Å². The van der Waals surface area contributed by atoms with Gasteiger partial charge in [-0.1, -0.05) is 6.07 Å². The maximum absolute atomic E-state index is 14.3. The Kier molecular flexibility index (Phi) is 6.82. The van der Waals surface area contributed by atoms with E-state index in [0.29, 0.717) is 24.3 Å². The zero-order valence-electron chi connectivity index (χ0n) is 16.1. The van der Waals surface area contributed by atoms with Crippen molar-refractivity contribution in [1.82, 2.24) is 19.6 Å². The Bertz CT molecular complexity index is 737. The number of aryl methyl sites for hydroxylation is 1. The summed E-state index contributed by atoms with van der Waals surface area (Å²) in [6.07, 6.45) is 4.69. The van der Waals surface area contributed by atoms with E-state index in [2.05, 4.69) is 28.0 Å². The number of hydrogen-bond acceptors (Lipinski definition) is 5. The lowest BCUT2D eigenvalue weighted by Crippen LogP contribution is -2.52. The summed E-state index contributed by atoms with van der Waals surface area (Å²) in [6, 6.07) is 5.21. The number of nitrogens with zero attached hydrogens (tertiary/aromatic N) is 4. The van der Waals surface area contributed by atoms with Gasteiger partial charge >= 0.3 is 0 Å². The van der Waals surface area contributed by atoms with Crippen molar-refractivity contribution in [2.75, 3.05) is 33.4 Å². The summed E-state index contributed by atoms with van der Waals surface area (Å²) in [5, 5.41) is 13.8. The van der Waals surface area contributed by atoms with E-state index < -0.39 is 0 Å². The highest BCUT2D eigenvalue weighted by Crippen LogP contribution is 2.22.